The quantitative estimate of drug-likeness (QED) is 0.383. The number of carbonyl (C=O) groups excluding carboxylic acids is 4. The van der Waals surface area contributed by atoms with Crippen LogP contribution in [0.25, 0.3) is 0 Å². The molecule has 3 aromatic rings. The number of ketones is 2. The smallest absolute Gasteiger partial charge is 0.241 e. The summed E-state index contributed by atoms with van der Waals surface area (Å²) in [6.07, 6.45) is -0.961. The summed E-state index contributed by atoms with van der Waals surface area (Å²) in [5.41, 5.74) is -0.910. The van der Waals surface area contributed by atoms with E-state index >= 15 is 0 Å². The van der Waals surface area contributed by atoms with Crippen molar-refractivity contribution < 1.29 is 23.9 Å². The Morgan fingerprint density at radius 2 is 1.35 bits per heavy atom. The molecule has 3 aromatic carbocycles. The van der Waals surface area contributed by atoms with Gasteiger partial charge < -0.3 is 4.74 Å². The number of carbonyl (C=O) groups is 4. The van der Waals surface area contributed by atoms with E-state index in [1.54, 1.807) is 42.5 Å². The minimum Gasteiger partial charge on any atom is -0.349 e. The molecule has 0 saturated carbocycles. The van der Waals surface area contributed by atoms with Gasteiger partial charge in [0.2, 0.25) is 29.0 Å². The molecule has 3 atom stereocenters. The first-order valence-electron chi connectivity index (χ1n) is 10.6. The van der Waals surface area contributed by atoms with Crippen LogP contribution < -0.4 is 4.90 Å². The Labute approximate surface area is 204 Å². The molecule has 2 heterocycles. The maximum Gasteiger partial charge on any atom is 0.241 e. The van der Waals surface area contributed by atoms with Crippen molar-refractivity contribution in [3.63, 3.8) is 0 Å². The largest absolute Gasteiger partial charge is 0.349 e. The number of Topliss-reactive ketones (excluding diaryl/α,β-unsaturated/α-hetero) is 2. The van der Waals surface area contributed by atoms with E-state index < -0.39 is 46.9 Å². The molecule has 2 fully saturated rings. The van der Waals surface area contributed by atoms with Gasteiger partial charge in [0.1, 0.15) is 0 Å². The van der Waals surface area contributed by atoms with E-state index in [0.29, 0.717) is 5.56 Å². The lowest BCUT2D eigenvalue weighted by molar-refractivity contribution is -0.127. The molecule has 6 rings (SSSR count). The molecule has 0 aromatic heterocycles. The van der Waals surface area contributed by atoms with Crippen LogP contribution in [-0.2, 0) is 14.3 Å². The molecule has 0 radical (unpaired) electrons. The van der Waals surface area contributed by atoms with Gasteiger partial charge in [-0.15, -0.1) is 0 Å². The van der Waals surface area contributed by atoms with E-state index in [2.05, 4.69) is 0 Å². The predicted octanol–water partition coefficient (Wildman–Crippen LogP) is 4.69. The van der Waals surface area contributed by atoms with Crippen LogP contribution in [0.3, 0.4) is 0 Å². The molecular formula is C26H15Cl2NO5. The van der Waals surface area contributed by atoms with Crippen molar-refractivity contribution in [2.75, 3.05) is 4.90 Å². The molecule has 2 amide bonds. The molecule has 168 valence electrons. The molecule has 0 bridgehead atoms. The maximum atomic E-state index is 13.8. The zero-order valence-corrected chi connectivity index (χ0v) is 18.9. The Morgan fingerprint density at radius 3 is 1.97 bits per heavy atom. The minimum atomic E-state index is -2.10. The number of imide groups is 1. The van der Waals surface area contributed by atoms with Gasteiger partial charge in [0.05, 0.1) is 33.7 Å². The number of hydrogen-bond donors (Lipinski definition) is 0. The molecule has 0 N–H and O–H groups in total. The molecular weight excluding hydrogens is 477 g/mol. The summed E-state index contributed by atoms with van der Waals surface area (Å²) < 4.78 is 6.22. The first kappa shape index (κ1) is 21.2. The number of ether oxygens (including phenoxy) is 1. The number of rotatable bonds is 2. The van der Waals surface area contributed by atoms with Crippen LogP contribution >= 0.6 is 23.2 Å². The normalized spacial score (nSPS) is 24.8. The summed E-state index contributed by atoms with van der Waals surface area (Å²) in [5, 5.41) is 0.436. The predicted molar refractivity (Wildman–Crippen MR) is 124 cm³/mol. The molecule has 6 nitrogen and oxygen atoms in total. The average molecular weight is 492 g/mol. The van der Waals surface area contributed by atoms with E-state index in [1.807, 2.05) is 0 Å². The third kappa shape index (κ3) is 2.61. The van der Waals surface area contributed by atoms with Crippen molar-refractivity contribution in [3.8, 4) is 0 Å². The lowest BCUT2D eigenvalue weighted by Crippen LogP contribution is -2.51. The van der Waals surface area contributed by atoms with Gasteiger partial charge in [0.25, 0.3) is 0 Å². The van der Waals surface area contributed by atoms with Gasteiger partial charge >= 0.3 is 0 Å². The number of anilines is 1. The number of fused-ring (bicyclic) bond motifs is 3. The van der Waals surface area contributed by atoms with E-state index in [9.17, 15) is 19.2 Å². The van der Waals surface area contributed by atoms with Crippen molar-refractivity contribution in [1.29, 1.82) is 0 Å². The van der Waals surface area contributed by atoms with Gasteiger partial charge in [-0.25, -0.2) is 4.90 Å². The fraction of sp³-hybridized carbons (Fsp3) is 0.154. The van der Waals surface area contributed by atoms with Gasteiger partial charge in [0.15, 0.2) is 0 Å². The number of nitrogens with zero attached hydrogens (tertiary/aromatic N) is 1. The molecule has 3 aliphatic rings. The number of benzene rings is 3. The second-order valence-corrected chi connectivity index (χ2v) is 9.32. The van der Waals surface area contributed by atoms with Gasteiger partial charge in [-0.2, -0.15) is 0 Å². The molecule has 8 heteroatoms. The Hall–Kier alpha value is -3.32. The summed E-state index contributed by atoms with van der Waals surface area (Å²) in [5.74, 6) is -4.81. The molecule has 34 heavy (non-hydrogen) atoms. The van der Waals surface area contributed by atoms with Gasteiger partial charge in [-0.3, -0.25) is 19.2 Å². The SMILES string of the molecule is O=C1C2[C@@H](C(=O)N1c1ccc(Cl)c(Cl)c1)C1(O[C@H]2c2ccccc2)C(=O)c2ccccc2C1=O. The standard InChI is InChI=1S/C26H15Cl2NO5/c27-17-11-10-14(12-18(17)28)29-24(32)19-20(25(29)33)26(34-21(19)13-6-2-1-3-7-13)22(30)15-8-4-5-9-16(15)23(26)31/h1-12,19-21H/t19?,20-,21-/m0/s1. The number of amides is 2. The Kier molecular flexibility index (Phi) is 4.58. The fourth-order valence-corrected chi connectivity index (χ4v) is 5.63. The Balaban J connectivity index is 1.55. The van der Waals surface area contributed by atoms with Crippen LogP contribution in [0.5, 0.6) is 0 Å². The van der Waals surface area contributed by atoms with Crippen LogP contribution in [0.15, 0.2) is 72.8 Å². The lowest BCUT2D eigenvalue weighted by Gasteiger charge is -2.27. The molecule has 2 saturated heterocycles. The third-order valence-corrected chi connectivity index (χ3v) is 7.55. The second kappa shape index (κ2) is 7.34. The number of hydrogen-bond acceptors (Lipinski definition) is 5. The van der Waals surface area contributed by atoms with E-state index in [0.717, 1.165) is 4.90 Å². The van der Waals surface area contributed by atoms with E-state index in [4.69, 9.17) is 27.9 Å². The molecule has 1 aliphatic carbocycles. The highest BCUT2D eigenvalue weighted by Gasteiger charge is 2.74. The van der Waals surface area contributed by atoms with Crippen molar-refractivity contribution in [3.05, 3.63) is 99.5 Å². The highest BCUT2D eigenvalue weighted by molar-refractivity contribution is 6.42. The van der Waals surface area contributed by atoms with E-state index in [-0.39, 0.29) is 26.9 Å². The highest BCUT2D eigenvalue weighted by atomic mass is 35.5. The van der Waals surface area contributed by atoms with Crippen LogP contribution in [0.4, 0.5) is 5.69 Å². The fourth-order valence-electron chi connectivity index (χ4n) is 5.34. The van der Waals surface area contributed by atoms with Crippen LogP contribution in [0.2, 0.25) is 10.0 Å². The van der Waals surface area contributed by atoms with Crippen molar-refractivity contribution in [1.82, 2.24) is 0 Å². The van der Waals surface area contributed by atoms with Crippen molar-refractivity contribution in [2.45, 2.75) is 11.7 Å². The monoisotopic (exact) mass is 491 g/mol. The van der Waals surface area contributed by atoms with E-state index in [1.165, 1.54) is 30.3 Å². The molecule has 1 spiro atoms. The van der Waals surface area contributed by atoms with Crippen LogP contribution in [-0.4, -0.2) is 29.0 Å². The average Bonchev–Trinajstić information content (AvgIpc) is 3.42. The maximum absolute atomic E-state index is 13.8. The topological polar surface area (TPSA) is 80.8 Å². The molecule has 2 aliphatic heterocycles. The minimum absolute atomic E-state index is 0.169. The Morgan fingerprint density at radius 1 is 0.735 bits per heavy atom. The summed E-state index contributed by atoms with van der Waals surface area (Å²) in [6, 6.07) is 19.6. The Bertz CT molecular complexity index is 1380. The summed E-state index contributed by atoms with van der Waals surface area (Å²) in [4.78, 5) is 55.9. The lowest BCUT2D eigenvalue weighted by atomic mass is 9.77. The second-order valence-electron chi connectivity index (χ2n) is 8.50. The summed E-state index contributed by atoms with van der Waals surface area (Å²) in [6.45, 7) is 0. The third-order valence-electron chi connectivity index (χ3n) is 6.81. The van der Waals surface area contributed by atoms with Gasteiger partial charge in [-0.1, -0.05) is 77.8 Å². The van der Waals surface area contributed by atoms with Crippen molar-refractivity contribution in [2.24, 2.45) is 11.8 Å². The zero-order chi connectivity index (χ0) is 23.8. The first-order valence-corrected chi connectivity index (χ1v) is 11.4. The summed E-state index contributed by atoms with van der Waals surface area (Å²) >= 11 is 12.2. The van der Waals surface area contributed by atoms with Crippen LogP contribution in [0.1, 0.15) is 32.4 Å². The van der Waals surface area contributed by atoms with Gasteiger partial charge in [-0.05, 0) is 23.8 Å². The van der Waals surface area contributed by atoms with Gasteiger partial charge in [0, 0.05) is 11.1 Å². The number of halogens is 2. The zero-order valence-electron chi connectivity index (χ0n) is 17.4. The highest BCUT2D eigenvalue weighted by Crippen LogP contribution is 2.57. The first-order chi connectivity index (χ1) is 16.4. The van der Waals surface area contributed by atoms with Crippen molar-refractivity contribution >= 4 is 52.3 Å². The summed E-state index contributed by atoms with van der Waals surface area (Å²) in [7, 11) is 0. The molecule has 1 unspecified atom stereocenters. The van der Waals surface area contributed by atoms with Crippen LogP contribution in [0, 0.1) is 11.8 Å².